The highest BCUT2D eigenvalue weighted by atomic mass is 79.9. The minimum Gasteiger partial charge on any atom is -0.228 e. The minimum atomic E-state index is -2.58. The molecule has 0 aliphatic carbocycles. The summed E-state index contributed by atoms with van der Waals surface area (Å²) in [5.74, 6) is 0.379. The molecule has 0 aliphatic heterocycles. The average molecular weight is 250 g/mol. The van der Waals surface area contributed by atoms with Gasteiger partial charge in [-0.3, -0.25) is 0 Å². The fourth-order valence-electron chi connectivity index (χ4n) is 0.764. The van der Waals surface area contributed by atoms with E-state index >= 15 is 0 Å². The molecule has 5 heteroatoms. The zero-order valence-corrected chi connectivity index (χ0v) is 8.80. The van der Waals surface area contributed by atoms with Crippen molar-refractivity contribution in [2.45, 2.75) is 6.92 Å². The van der Waals surface area contributed by atoms with E-state index in [-0.39, 0.29) is 0 Å². The lowest BCUT2D eigenvalue weighted by Gasteiger charge is -1.96. The molecule has 0 amide bonds. The summed E-state index contributed by atoms with van der Waals surface area (Å²) in [5.41, 5.74) is 1.06. The molecular formula is C7H7BrO3P+. The third kappa shape index (κ3) is 2.55. The van der Waals surface area contributed by atoms with Crippen molar-refractivity contribution in [1.82, 2.24) is 0 Å². The monoisotopic (exact) mass is 249 g/mol. The maximum atomic E-state index is 10.3. The second-order valence-electron chi connectivity index (χ2n) is 2.26. The molecule has 1 aromatic carbocycles. The molecule has 0 saturated heterocycles. The van der Waals surface area contributed by atoms with Crippen LogP contribution in [0.1, 0.15) is 5.56 Å². The van der Waals surface area contributed by atoms with Crippen molar-refractivity contribution in [3.05, 3.63) is 28.2 Å². The smallest absolute Gasteiger partial charge is 0.228 e. The van der Waals surface area contributed by atoms with Gasteiger partial charge in [0.15, 0.2) is 0 Å². The van der Waals surface area contributed by atoms with Crippen molar-refractivity contribution in [2.24, 2.45) is 0 Å². The van der Waals surface area contributed by atoms with E-state index in [1.807, 2.05) is 13.0 Å². The molecule has 64 valence electrons. The first-order chi connectivity index (χ1) is 5.59. The van der Waals surface area contributed by atoms with Gasteiger partial charge in [0.25, 0.3) is 0 Å². The molecule has 1 rings (SSSR count). The third-order valence-electron chi connectivity index (χ3n) is 1.26. The molecule has 0 bridgehead atoms. The second kappa shape index (κ2) is 3.99. The van der Waals surface area contributed by atoms with E-state index in [1.165, 1.54) is 0 Å². The molecule has 1 unspecified atom stereocenters. The first kappa shape index (κ1) is 9.65. The van der Waals surface area contributed by atoms with Crippen molar-refractivity contribution in [2.75, 3.05) is 0 Å². The van der Waals surface area contributed by atoms with Gasteiger partial charge in [-0.1, -0.05) is 6.07 Å². The fraction of sp³-hybridized carbons (Fsp3) is 0.143. The topological polar surface area (TPSA) is 46.5 Å². The van der Waals surface area contributed by atoms with Gasteiger partial charge in [-0.25, -0.2) is 4.52 Å². The van der Waals surface area contributed by atoms with Gasteiger partial charge in [0.05, 0.1) is 4.47 Å². The van der Waals surface area contributed by atoms with Gasteiger partial charge in [-0.15, -0.1) is 4.89 Å². The molecule has 0 heterocycles. The normalized spacial score (nSPS) is 11.1. The average Bonchev–Trinajstić information content (AvgIpc) is 1.94. The van der Waals surface area contributed by atoms with Crippen LogP contribution >= 0.6 is 24.2 Å². The van der Waals surface area contributed by atoms with Crippen LogP contribution in [-0.2, 0) is 4.57 Å². The van der Waals surface area contributed by atoms with Crippen molar-refractivity contribution in [1.29, 1.82) is 0 Å². The molecule has 0 spiro atoms. The van der Waals surface area contributed by atoms with E-state index < -0.39 is 8.25 Å². The van der Waals surface area contributed by atoms with Crippen LogP contribution in [0.25, 0.3) is 0 Å². The summed E-state index contributed by atoms with van der Waals surface area (Å²) < 4.78 is 15.6. The van der Waals surface area contributed by atoms with Crippen LogP contribution in [0.15, 0.2) is 22.7 Å². The summed E-state index contributed by atoms with van der Waals surface area (Å²) in [4.78, 5) is 8.47. The van der Waals surface area contributed by atoms with Crippen molar-refractivity contribution in [3.63, 3.8) is 0 Å². The Labute approximate surface area is 79.4 Å². The summed E-state index contributed by atoms with van der Waals surface area (Å²) in [6.07, 6.45) is 0. The Balaban J connectivity index is 2.93. The van der Waals surface area contributed by atoms with Gasteiger partial charge in [0, 0.05) is 4.57 Å². The van der Waals surface area contributed by atoms with Crippen molar-refractivity contribution in [3.8, 4) is 5.75 Å². The van der Waals surface area contributed by atoms with Gasteiger partial charge >= 0.3 is 8.25 Å². The molecule has 0 aromatic heterocycles. The molecule has 0 aliphatic rings. The quantitative estimate of drug-likeness (QED) is 0.821. The van der Waals surface area contributed by atoms with Crippen LogP contribution in [0, 0.1) is 6.92 Å². The molecule has 12 heavy (non-hydrogen) atoms. The summed E-state index contributed by atoms with van der Waals surface area (Å²) in [5, 5.41) is 0. The lowest BCUT2D eigenvalue weighted by Crippen LogP contribution is -1.82. The maximum absolute atomic E-state index is 10.3. The largest absolute Gasteiger partial charge is 0.747 e. The highest BCUT2D eigenvalue weighted by Crippen LogP contribution is 2.31. The molecule has 3 nitrogen and oxygen atoms in total. The highest BCUT2D eigenvalue weighted by molar-refractivity contribution is 9.10. The van der Waals surface area contributed by atoms with E-state index in [0.29, 0.717) is 10.2 Å². The van der Waals surface area contributed by atoms with Crippen molar-refractivity contribution >= 4 is 24.2 Å². The van der Waals surface area contributed by atoms with Gasteiger partial charge in [-0.2, -0.15) is 0 Å². The van der Waals surface area contributed by atoms with E-state index in [0.717, 1.165) is 5.56 Å². The number of rotatable bonds is 2. The van der Waals surface area contributed by atoms with Crippen LogP contribution in [0.3, 0.4) is 0 Å². The Kier molecular flexibility index (Phi) is 3.20. The molecule has 0 fully saturated rings. The lowest BCUT2D eigenvalue weighted by atomic mass is 10.2. The molecule has 1 atom stereocenters. The summed E-state index contributed by atoms with van der Waals surface area (Å²) in [6, 6.07) is 5.26. The zero-order valence-electron chi connectivity index (χ0n) is 6.32. The maximum Gasteiger partial charge on any atom is 0.747 e. The predicted molar refractivity (Wildman–Crippen MR) is 49.3 cm³/mol. The van der Waals surface area contributed by atoms with Crippen LogP contribution in [0.5, 0.6) is 5.75 Å². The van der Waals surface area contributed by atoms with E-state index in [1.54, 1.807) is 12.1 Å². The standard InChI is InChI=1S/C7H6BrO3P/c1-5-2-3-7(6(8)4-5)11-12(9)10/h2-4H,1H3/p+1. The van der Waals surface area contributed by atoms with E-state index in [2.05, 4.69) is 20.5 Å². The second-order valence-corrected chi connectivity index (χ2v) is 3.78. The predicted octanol–water partition coefficient (Wildman–Crippen LogP) is 2.79. The zero-order chi connectivity index (χ0) is 9.14. The Hall–Kier alpha value is -0.440. The molecule has 1 aromatic rings. The number of aryl methyl sites for hydroxylation is 1. The van der Waals surface area contributed by atoms with Crippen LogP contribution in [0.4, 0.5) is 0 Å². The number of halogens is 1. The Morgan fingerprint density at radius 2 is 2.25 bits per heavy atom. The van der Waals surface area contributed by atoms with Gasteiger partial charge < -0.3 is 0 Å². The Bertz CT molecular complexity index is 314. The van der Waals surface area contributed by atoms with Gasteiger partial charge in [0.2, 0.25) is 5.75 Å². The Morgan fingerprint density at radius 3 is 2.75 bits per heavy atom. The first-order valence-corrected chi connectivity index (χ1v) is 5.12. The molecule has 1 N–H and O–H groups in total. The van der Waals surface area contributed by atoms with Gasteiger partial charge in [0.1, 0.15) is 0 Å². The first-order valence-electron chi connectivity index (χ1n) is 3.20. The minimum absolute atomic E-state index is 0.379. The fourth-order valence-corrected chi connectivity index (χ4v) is 1.79. The summed E-state index contributed by atoms with van der Waals surface area (Å²) in [7, 11) is -2.58. The molecule has 0 radical (unpaired) electrons. The highest BCUT2D eigenvalue weighted by Gasteiger charge is 2.16. The molecular weight excluding hydrogens is 243 g/mol. The van der Waals surface area contributed by atoms with Crippen LogP contribution < -0.4 is 4.52 Å². The number of benzene rings is 1. The lowest BCUT2D eigenvalue weighted by molar-refractivity contribution is 0.409. The SMILES string of the molecule is Cc1ccc(O[P+](=O)O)c(Br)c1. The number of hydrogen-bond acceptors (Lipinski definition) is 2. The Morgan fingerprint density at radius 1 is 1.58 bits per heavy atom. The van der Waals surface area contributed by atoms with E-state index in [9.17, 15) is 4.57 Å². The van der Waals surface area contributed by atoms with Crippen LogP contribution in [-0.4, -0.2) is 4.89 Å². The number of hydrogen-bond donors (Lipinski definition) is 1. The summed E-state index contributed by atoms with van der Waals surface area (Å²) >= 11 is 3.21. The molecule has 0 saturated carbocycles. The van der Waals surface area contributed by atoms with Crippen LogP contribution in [0.2, 0.25) is 0 Å². The van der Waals surface area contributed by atoms with Crippen molar-refractivity contribution < 1.29 is 14.0 Å². The summed E-state index contributed by atoms with van der Waals surface area (Å²) in [6.45, 7) is 1.92. The van der Waals surface area contributed by atoms with Gasteiger partial charge in [-0.05, 0) is 40.5 Å². The van der Waals surface area contributed by atoms with E-state index in [4.69, 9.17) is 4.89 Å². The third-order valence-corrected chi connectivity index (χ3v) is 2.24.